The molecule has 0 aromatic heterocycles. The third kappa shape index (κ3) is 4.09. The Kier molecular flexibility index (Phi) is 4.68. The van der Waals surface area contributed by atoms with Crippen molar-refractivity contribution in [3.63, 3.8) is 0 Å². The van der Waals surface area contributed by atoms with E-state index in [1.807, 2.05) is 30.3 Å². The molecule has 120 valence electrons. The fraction of sp³-hybridized carbons (Fsp3) is 0.125. The largest absolute Gasteiger partial charge is 0.479 e. The Balaban J connectivity index is 2.24. The maximum atomic E-state index is 12.3. The Bertz CT molecular complexity index is 697. The summed E-state index contributed by atoms with van der Waals surface area (Å²) in [5.74, 6) is -3.87. The highest BCUT2D eigenvalue weighted by atomic mass is 19.4. The average Bonchev–Trinajstić information content (AvgIpc) is 2.52. The number of alkyl halides is 3. The molecular formula is C16H12F3NO3. The summed E-state index contributed by atoms with van der Waals surface area (Å²) in [6.45, 7) is 0. The van der Waals surface area contributed by atoms with Gasteiger partial charge in [0.15, 0.2) is 6.04 Å². The number of carboxylic acid groups (broad SMARTS) is 1. The minimum Gasteiger partial charge on any atom is -0.479 e. The summed E-state index contributed by atoms with van der Waals surface area (Å²) in [6, 6.07) is 13.3. The summed E-state index contributed by atoms with van der Waals surface area (Å²) < 4.78 is 36.8. The second-order valence-corrected chi connectivity index (χ2v) is 4.73. The van der Waals surface area contributed by atoms with Crippen LogP contribution in [0.3, 0.4) is 0 Å². The Hall–Kier alpha value is -2.83. The monoisotopic (exact) mass is 323 g/mol. The van der Waals surface area contributed by atoms with E-state index >= 15 is 0 Å². The van der Waals surface area contributed by atoms with Crippen LogP contribution >= 0.6 is 0 Å². The fourth-order valence-electron chi connectivity index (χ4n) is 2.00. The molecule has 1 amide bonds. The van der Waals surface area contributed by atoms with Gasteiger partial charge in [-0.15, -0.1) is 0 Å². The van der Waals surface area contributed by atoms with Gasteiger partial charge < -0.3 is 10.4 Å². The van der Waals surface area contributed by atoms with Gasteiger partial charge >= 0.3 is 18.1 Å². The number of benzene rings is 2. The van der Waals surface area contributed by atoms with Crippen LogP contribution < -0.4 is 5.32 Å². The fourth-order valence-corrected chi connectivity index (χ4v) is 2.00. The number of carbonyl (C=O) groups excluding carboxylic acids is 1. The van der Waals surface area contributed by atoms with Crippen LogP contribution in [0.2, 0.25) is 0 Å². The van der Waals surface area contributed by atoms with E-state index in [-0.39, 0.29) is 5.56 Å². The highest BCUT2D eigenvalue weighted by Crippen LogP contribution is 2.23. The summed E-state index contributed by atoms with van der Waals surface area (Å²) >= 11 is 0. The molecule has 1 unspecified atom stereocenters. The maximum Gasteiger partial charge on any atom is 0.471 e. The summed E-state index contributed by atoms with van der Waals surface area (Å²) in [5.41, 5.74) is 1.71. The highest BCUT2D eigenvalue weighted by Gasteiger charge is 2.41. The average molecular weight is 323 g/mol. The standard InChI is InChI=1S/C16H12F3NO3/c17-16(18,19)15(23)20-13(14(21)22)12-8-6-11(7-9-12)10-4-2-1-3-5-10/h1-9,13H,(H,20,23)(H,21,22). The molecular weight excluding hydrogens is 311 g/mol. The topological polar surface area (TPSA) is 66.4 Å². The SMILES string of the molecule is O=C(O)C(NC(=O)C(F)(F)F)c1ccc(-c2ccccc2)cc1. The molecule has 0 spiro atoms. The van der Waals surface area contributed by atoms with Crippen LogP contribution in [0, 0.1) is 0 Å². The van der Waals surface area contributed by atoms with Gasteiger partial charge in [-0.05, 0) is 16.7 Å². The predicted octanol–water partition coefficient (Wildman–Crippen LogP) is 3.16. The minimum atomic E-state index is -5.14. The van der Waals surface area contributed by atoms with Crippen LogP contribution in [0.25, 0.3) is 11.1 Å². The lowest BCUT2D eigenvalue weighted by Gasteiger charge is -2.16. The number of halogens is 3. The van der Waals surface area contributed by atoms with Crippen LogP contribution in [0.1, 0.15) is 11.6 Å². The van der Waals surface area contributed by atoms with Crippen LogP contribution in [0.4, 0.5) is 13.2 Å². The van der Waals surface area contributed by atoms with E-state index in [0.717, 1.165) is 11.1 Å². The summed E-state index contributed by atoms with van der Waals surface area (Å²) in [5, 5.41) is 10.5. The van der Waals surface area contributed by atoms with E-state index in [4.69, 9.17) is 5.11 Å². The van der Waals surface area contributed by atoms with Gasteiger partial charge in [0, 0.05) is 0 Å². The van der Waals surface area contributed by atoms with Gasteiger partial charge in [0.05, 0.1) is 0 Å². The van der Waals surface area contributed by atoms with E-state index in [1.165, 1.54) is 17.4 Å². The van der Waals surface area contributed by atoms with Gasteiger partial charge in [-0.3, -0.25) is 4.79 Å². The molecule has 0 fully saturated rings. The number of aliphatic carboxylic acids is 1. The molecule has 23 heavy (non-hydrogen) atoms. The zero-order valence-electron chi connectivity index (χ0n) is 11.7. The van der Waals surface area contributed by atoms with Crippen LogP contribution in [-0.4, -0.2) is 23.2 Å². The first kappa shape index (κ1) is 16.5. The lowest BCUT2D eigenvalue weighted by atomic mass is 10.0. The molecule has 0 aliphatic carbocycles. The lowest BCUT2D eigenvalue weighted by Crippen LogP contribution is -2.41. The van der Waals surface area contributed by atoms with E-state index in [1.54, 1.807) is 12.1 Å². The summed E-state index contributed by atoms with van der Waals surface area (Å²) in [6.07, 6.45) is -5.14. The van der Waals surface area contributed by atoms with Crippen LogP contribution in [0.5, 0.6) is 0 Å². The smallest absolute Gasteiger partial charge is 0.471 e. The number of carboxylic acids is 1. The first-order valence-corrected chi connectivity index (χ1v) is 6.55. The first-order chi connectivity index (χ1) is 10.8. The van der Waals surface area contributed by atoms with Crippen molar-refractivity contribution in [2.24, 2.45) is 0 Å². The van der Waals surface area contributed by atoms with Crippen molar-refractivity contribution in [2.45, 2.75) is 12.2 Å². The molecule has 2 rings (SSSR count). The number of rotatable bonds is 4. The number of hydrogen-bond donors (Lipinski definition) is 2. The van der Waals surface area contributed by atoms with Crippen molar-refractivity contribution < 1.29 is 27.9 Å². The molecule has 2 aromatic carbocycles. The summed E-state index contributed by atoms with van der Waals surface area (Å²) in [7, 11) is 0. The van der Waals surface area contributed by atoms with Crippen molar-refractivity contribution in [1.82, 2.24) is 5.32 Å². The number of hydrogen-bond acceptors (Lipinski definition) is 2. The molecule has 0 saturated heterocycles. The van der Waals surface area contributed by atoms with Crippen LogP contribution in [0.15, 0.2) is 54.6 Å². The van der Waals surface area contributed by atoms with Crippen molar-refractivity contribution in [3.8, 4) is 11.1 Å². The number of nitrogens with one attached hydrogen (secondary N) is 1. The molecule has 0 aliphatic heterocycles. The number of carbonyl (C=O) groups is 2. The third-order valence-electron chi connectivity index (χ3n) is 3.13. The maximum absolute atomic E-state index is 12.3. The van der Waals surface area contributed by atoms with E-state index in [0.29, 0.717) is 0 Å². The molecule has 0 radical (unpaired) electrons. The van der Waals surface area contributed by atoms with E-state index < -0.39 is 24.1 Å². The van der Waals surface area contributed by atoms with Crippen molar-refractivity contribution in [3.05, 3.63) is 60.2 Å². The zero-order valence-corrected chi connectivity index (χ0v) is 11.7. The summed E-state index contributed by atoms with van der Waals surface area (Å²) in [4.78, 5) is 22.1. The van der Waals surface area contributed by atoms with Gasteiger partial charge in [-0.25, -0.2) is 4.79 Å². The Morgan fingerprint density at radius 3 is 1.91 bits per heavy atom. The van der Waals surface area contributed by atoms with Gasteiger partial charge in [0.25, 0.3) is 0 Å². The van der Waals surface area contributed by atoms with E-state index in [2.05, 4.69) is 0 Å². The highest BCUT2D eigenvalue weighted by molar-refractivity contribution is 5.87. The number of amides is 1. The predicted molar refractivity (Wildman–Crippen MR) is 76.5 cm³/mol. The van der Waals surface area contributed by atoms with Crippen molar-refractivity contribution in [2.75, 3.05) is 0 Å². The van der Waals surface area contributed by atoms with Gasteiger partial charge in [-0.2, -0.15) is 13.2 Å². The van der Waals surface area contributed by atoms with Gasteiger partial charge in [0.2, 0.25) is 0 Å². The zero-order chi connectivity index (χ0) is 17.0. The van der Waals surface area contributed by atoms with Gasteiger partial charge in [0.1, 0.15) is 0 Å². The van der Waals surface area contributed by atoms with Crippen LogP contribution in [-0.2, 0) is 9.59 Å². The van der Waals surface area contributed by atoms with Gasteiger partial charge in [-0.1, -0.05) is 54.6 Å². The quantitative estimate of drug-likeness (QED) is 0.908. The lowest BCUT2D eigenvalue weighted by molar-refractivity contribution is -0.175. The first-order valence-electron chi connectivity index (χ1n) is 6.55. The second kappa shape index (κ2) is 6.51. The van der Waals surface area contributed by atoms with E-state index in [9.17, 15) is 22.8 Å². The molecule has 1 atom stereocenters. The molecule has 0 heterocycles. The molecule has 0 bridgehead atoms. The molecule has 4 nitrogen and oxygen atoms in total. The molecule has 7 heteroatoms. The molecule has 0 saturated carbocycles. The molecule has 0 aliphatic rings. The van der Waals surface area contributed by atoms with Crippen molar-refractivity contribution >= 4 is 11.9 Å². The van der Waals surface area contributed by atoms with Crippen molar-refractivity contribution in [1.29, 1.82) is 0 Å². The Labute approximate surface area is 129 Å². The second-order valence-electron chi connectivity index (χ2n) is 4.73. The Morgan fingerprint density at radius 2 is 1.43 bits per heavy atom. The normalized spacial score (nSPS) is 12.5. The molecule has 2 N–H and O–H groups in total. The Morgan fingerprint density at radius 1 is 0.913 bits per heavy atom. The molecule has 2 aromatic rings. The minimum absolute atomic E-state index is 0.0507. The third-order valence-corrected chi connectivity index (χ3v) is 3.13.